The molecule has 0 bridgehead atoms. The molecule has 0 aromatic carbocycles. The van der Waals surface area contributed by atoms with Crippen LogP contribution in [0.1, 0.15) is 19.8 Å². The lowest BCUT2D eigenvalue weighted by atomic mass is 10.3. The van der Waals surface area contributed by atoms with Gasteiger partial charge in [-0.2, -0.15) is 0 Å². The summed E-state index contributed by atoms with van der Waals surface area (Å²) in [5.74, 6) is 0.158. The van der Waals surface area contributed by atoms with Crippen LogP contribution in [0.25, 0.3) is 0 Å². The predicted octanol–water partition coefficient (Wildman–Crippen LogP) is 1.24. The summed E-state index contributed by atoms with van der Waals surface area (Å²) in [4.78, 5) is 25.5. The summed E-state index contributed by atoms with van der Waals surface area (Å²) in [6, 6.07) is 0. The molecule has 4 N–H and O–H groups in total. The number of unbranched alkanes of at least 4 members (excludes halogenated alkanes) is 1. The maximum atomic E-state index is 11.6. The largest absolute Gasteiger partial charge is 0.383 e. The maximum absolute atomic E-state index is 11.6. The summed E-state index contributed by atoms with van der Waals surface area (Å²) >= 11 is 3.18. The van der Waals surface area contributed by atoms with Crippen LogP contribution in [-0.2, 0) is 6.54 Å². The molecule has 0 aliphatic rings. The third-order valence-corrected chi connectivity index (χ3v) is 2.71. The molecule has 0 spiro atoms. The molecule has 1 aromatic rings. The number of H-pyrrole nitrogens is 1. The fourth-order valence-corrected chi connectivity index (χ4v) is 1.62. The minimum atomic E-state index is -0.515. The van der Waals surface area contributed by atoms with Gasteiger partial charge in [0, 0.05) is 17.6 Å². The molecule has 100 valence electrons. The van der Waals surface area contributed by atoms with E-state index in [1.165, 1.54) is 4.57 Å². The van der Waals surface area contributed by atoms with Gasteiger partial charge < -0.3 is 11.1 Å². The van der Waals surface area contributed by atoms with Crippen molar-refractivity contribution in [3.63, 3.8) is 0 Å². The number of hydrogen-bond donors (Lipinski definition) is 3. The highest BCUT2D eigenvalue weighted by atomic mass is 79.9. The van der Waals surface area contributed by atoms with Gasteiger partial charge >= 0.3 is 5.69 Å². The van der Waals surface area contributed by atoms with Crippen LogP contribution in [0.15, 0.2) is 20.7 Å². The number of rotatable bonds is 6. The van der Waals surface area contributed by atoms with Gasteiger partial charge in [0.1, 0.15) is 11.5 Å². The SMILES string of the molecule is C=C(Br)CNc1c(N)n(CCCC)c(=O)[nH]c1=O. The Hall–Kier alpha value is -1.50. The highest BCUT2D eigenvalue weighted by Crippen LogP contribution is 2.12. The van der Waals surface area contributed by atoms with E-state index >= 15 is 0 Å². The molecule has 1 heterocycles. The van der Waals surface area contributed by atoms with E-state index in [1.54, 1.807) is 0 Å². The molecule has 0 atom stereocenters. The molecule has 0 saturated heterocycles. The van der Waals surface area contributed by atoms with Gasteiger partial charge in [0.2, 0.25) is 0 Å². The zero-order chi connectivity index (χ0) is 13.7. The minimum absolute atomic E-state index is 0.158. The Labute approximate surface area is 113 Å². The van der Waals surface area contributed by atoms with Crippen molar-refractivity contribution in [2.24, 2.45) is 0 Å². The lowest BCUT2D eigenvalue weighted by molar-refractivity contribution is 0.605. The van der Waals surface area contributed by atoms with Crippen LogP contribution in [0, 0.1) is 0 Å². The molecule has 0 saturated carbocycles. The number of nitrogen functional groups attached to an aromatic ring is 1. The molecule has 0 amide bonds. The van der Waals surface area contributed by atoms with Gasteiger partial charge in [0.25, 0.3) is 5.56 Å². The van der Waals surface area contributed by atoms with Crippen molar-refractivity contribution < 1.29 is 0 Å². The Bertz CT molecular complexity index is 547. The Morgan fingerprint density at radius 1 is 1.56 bits per heavy atom. The first kappa shape index (κ1) is 14.6. The smallest absolute Gasteiger partial charge is 0.330 e. The monoisotopic (exact) mass is 316 g/mol. The van der Waals surface area contributed by atoms with E-state index < -0.39 is 11.2 Å². The summed E-state index contributed by atoms with van der Waals surface area (Å²) < 4.78 is 2.05. The zero-order valence-electron chi connectivity index (χ0n) is 10.3. The standard InChI is InChI=1S/C11H17BrN4O2/c1-3-4-5-16-9(13)8(14-6-7(2)12)10(17)15-11(16)18/h14H,2-6,13H2,1H3,(H,15,17,18). The first-order valence-electron chi connectivity index (χ1n) is 5.67. The number of anilines is 2. The van der Waals surface area contributed by atoms with Crippen molar-refractivity contribution in [3.8, 4) is 0 Å². The first-order chi connectivity index (χ1) is 8.47. The number of nitrogens with two attached hydrogens (primary N) is 1. The normalized spacial score (nSPS) is 10.3. The molecule has 0 unspecified atom stereocenters. The second kappa shape index (κ2) is 6.44. The van der Waals surface area contributed by atoms with Crippen LogP contribution in [0.2, 0.25) is 0 Å². The van der Waals surface area contributed by atoms with E-state index in [4.69, 9.17) is 5.73 Å². The zero-order valence-corrected chi connectivity index (χ0v) is 11.8. The fourth-order valence-electron chi connectivity index (χ4n) is 1.48. The highest BCUT2D eigenvalue weighted by Gasteiger charge is 2.11. The van der Waals surface area contributed by atoms with E-state index in [1.807, 2.05) is 6.92 Å². The van der Waals surface area contributed by atoms with E-state index in [0.29, 0.717) is 17.6 Å². The van der Waals surface area contributed by atoms with Crippen LogP contribution in [0.4, 0.5) is 11.5 Å². The number of nitrogens with zero attached hydrogens (tertiary/aromatic N) is 1. The molecule has 0 radical (unpaired) electrons. The highest BCUT2D eigenvalue weighted by molar-refractivity contribution is 9.11. The van der Waals surface area contributed by atoms with Crippen molar-refractivity contribution in [1.29, 1.82) is 0 Å². The molecule has 1 rings (SSSR count). The van der Waals surface area contributed by atoms with Crippen molar-refractivity contribution in [3.05, 3.63) is 31.9 Å². The van der Waals surface area contributed by atoms with E-state index in [2.05, 4.69) is 32.8 Å². The molecule has 0 aliphatic heterocycles. The second-order valence-corrected chi connectivity index (χ2v) is 5.02. The minimum Gasteiger partial charge on any atom is -0.383 e. The average Bonchev–Trinajstić information content (AvgIpc) is 2.27. The van der Waals surface area contributed by atoms with Crippen LogP contribution in [0.5, 0.6) is 0 Å². The summed E-state index contributed by atoms with van der Waals surface area (Å²) in [6.45, 7) is 6.51. The molecular formula is C11H17BrN4O2. The van der Waals surface area contributed by atoms with E-state index in [0.717, 1.165) is 12.8 Å². The maximum Gasteiger partial charge on any atom is 0.330 e. The average molecular weight is 317 g/mol. The van der Waals surface area contributed by atoms with Crippen molar-refractivity contribution in [1.82, 2.24) is 9.55 Å². The van der Waals surface area contributed by atoms with Gasteiger partial charge in [-0.15, -0.1) is 0 Å². The van der Waals surface area contributed by atoms with Gasteiger partial charge in [-0.1, -0.05) is 35.9 Å². The Morgan fingerprint density at radius 3 is 2.78 bits per heavy atom. The second-order valence-electron chi connectivity index (χ2n) is 3.90. The van der Waals surface area contributed by atoms with Gasteiger partial charge in [0.05, 0.1) is 0 Å². The van der Waals surface area contributed by atoms with Crippen LogP contribution < -0.4 is 22.3 Å². The van der Waals surface area contributed by atoms with Crippen molar-refractivity contribution >= 4 is 27.4 Å². The lowest BCUT2D eigenvalue weighted by Gasteiger charge is -2.13. The third-order valence-electron chi connectivity index (χ3n) is 2.43. The van der Waals surface area contributed by atoms with Crippen LogP contribution >= 0.6 is 15.9 Å². The van der Waals surface area contributed by atoms with E-state index in [9.17, 15) is 9.59 Å². The summed E-state index contributed by atoms with van der Waals surface area (Å²) in [5, 5.41) is 2.85. The molecular weight excluding hydrogens is 300 g/mol. The summed E-state index contributed by atoms with van der Waals surface area (Å²) in [5.41, 5.74) is 5.06. The third kappa shape index (κ3) is 3.49. The Morgan fingerprint density at radius 2 is 2.22 bits per heavy atom. The van der Waals surface area contributed by atoms with E-state index in [-0.39, 0.29) is 11.5 Å². The number of hydrogen-bond acceptors (Lipinski definition) is 4. The molecule has 7 heteroatoms. The number of aromatic nitrogens is 2. The lowest BCUT2D eigenvalue weighted by Crippen LogP contribution is -2.34. The molecule has 0 fully saturated rings. The summed E-state index contributed by atoms with van der Waals surface area (Å²) in [6.07, 6.45) is 1.76. The van der Waals surface area contributed by atoms with Gasteiger partial charge in [0.15, 0.2) is 0 Å². The molecule has 18 heavy (non-hydrogen) atoms. The topological polar surface area (TPSA) is 92.9 Å². The number of halogens is 1. The first-order valence-corrected chi connectivity index (χ1v) is 6.46. The molecule has 6 nitrogen and oxygen atoms in total. The van der Waals surface area contributed by atoms with Crippen molar-refractivity contribution in [2.75, 3.05) is 17.6 Å². The quantitative estimate of drug-likeness (QED) is 0.736. The predicted molar refractivity (Wildman–Crippen MR) is 77.2 cm³/mol. The van der Waals surface area contributed by atoms with Gasteiger partial charge in [-0.3, -0.25) is 14.3 Å². The summed E-state index contributed by atoms with van der Waals surface area (Å²) in [7, 11) is 0. The number of nitrogens with one attached hydrogen (secondary N) is 2. The molecule has 1 aromatic heterocycles. The Kier molecular flexibility index (Phi) is 5.21. The van der Waals surface area contributed by atoms with Gasteiger partial charge in [-0.05, 0) is 6.42 Å². The molecule has 0 aliphatic carbocycles. The number of aromatic amines is 1. The van der Waals surface area contributed by atoms with Gasteiger partial charge in [-0.25, -0.2) is 4.79 Å². The Balaban J connectivity index is 3.13. The van der Waals surface area contributed by atoms with Crippen LogP contribution in [0.3, 0.4) is 0 Å². The fraction of sp³-hybridized carbons (Fsp3) is 0.455. The van der Waals surface area contributed by atoms with Crippen molar-refractivity contribution in [2.45, 2.75) is 26.3 Å². The van der Waals surface area contributed by atoms with Crippen LogP contribution in [-0.4, -0.2) is 16.1 Å².